The van der Waals surface area contributed by atoms with Crippen LogP contribution in [0.5, 0.6) is 0 Å². The molecule has 1 aliphatic rings. The minimum absolute atomic E-state index is 0. The summed E-state index contributed by atoms with van der Waals surface area (Å²) in [5, 5.41) is 1.69. The van der Waals surface area contributed by atoms with Gasteiger partial charge in [0, 0.05) is 19.1 Å². The molecule has 0 radical (unpaired) electrons. The third-order valence-corrected chi connectivity index (χ3v) is 6.93. The van der Waals surface area contributed by atoms with Crippen molar-refractivity contribution in [2.45, 2.75) is 43.0 Å². The van der Waals surface area contributed by atoms with Crippen LogP contribution in [0.2, 0.25) is 0 Å². The number of likely N-dealkylation sites (tertiary alicyclic amines) is 1. The number of nitrogens with one attached hydrogen (secondary N) is 1. The number of nitrogens with zero attached hydrogens (tertiary/aromatic N) is 1. The molecule has 0 saturated carbocycles. The summed E-state index contributed by atoms with van der Waals surface area (Å²) < 4.78 is 27.1. The summed E-state index contributed by atoms with van der Waals surface area (Å²) in [6, 6.07) is 2.39. The van der Waals surface area contributed by atoms with E-state index in [1.54, 1.807) is 23.3 Å². The average Bonchev–Trinajstić information content (AvgIpc) is 3.01. The maximum atomic E-state index is 12.6. The van der Waals surface area contributed by atoms with E-state index in [4.69, 9.17) is 5.73 Å². The van der Waals surface area contributed by atoms with Crippen LogP contribution in [0.4, 0.5) is 0 Å². The van der Waals surface area contributed by atoms with Crippen LogP contribution in [0.25, 0.3) is 0 Å². The van der Waals surface area contributed by atoms with Gasteiger partial charge in [0.05, 0.1) is 6.04 Å². The van der Waals surface area contributed by atoms with Crippen molar-refractivity contribution in [3.05, 3.63) is 17.5 Å². The Labute approximate surface area is 147 Å². The molecular weight excluding hydrogens is 358 g/mol. The molecule has 3 N–H and O–H groups in total. The maximum Gasteiger partial charge on any atom is 0.250 e. The molecule has 1 aromatic rings. The molecule has 1 saturated heterocycles. The summed E-state index contributed by atoms with van der Waals surface area (Å²) in [7, 11) is -3.65. The highest BCUT2D eigenvalue weighted by molar-refractivity contribution is 7.91. The molecule has 3 unspecified atom stereocenters. The lowest BCUT2D eigenvalue weighted by Crippen LogP contribution is -2.55. The Bertz CT molecular complexity index is 607. The van der Waals surface area contributed by atoms with Gasteiger partial charge in [0.1, 0.15) is 4.21 Å². The van der Waals surface area contributed by atoms with E-state index in [2.05, 4.69) is 11.6 Å². The van der Waals surface area contributed by atoms with Gasteiger partial charge in [-0.05, 0) is 37.1 Å². The van der Waals surface area contributed by atoms with Gasteiger partial charge in [0.15, 0.2) is 0 Å². The molecule has 0 bridgehead atoms. The van der Waals surface area contributed by atoms with Crippen LogP contribution >= 0.6 is 23.7 Å². The minimum atomic E-state index is -3.65. The van der Waals surface area contributed by atoms with Gasteiger partial charge >= 0.3 is 0 Å². The first-order chi connectivity index (χ1) is 10.3. The third-order valence-electron chi connectivity index (χ3n) is 4.00. The zero-order chi connectivity index (χ0) is 16.3. The SMILES string of the molecule is CC1CCN(C(=O)C(C)NS(=O)(=O)c2cccs2)C(CN)C1.Cl. The van der Waals surface area contributed by atoms with E-state index in [-0.39, 0.29) is 28.6 Å². The number of hydrogen-bond donors (Lipinski definition) is 2. The Morgan fingerprint density at radius 1 is 1.57 bits per heavy atom. The van der Waals surface area contributed by atoms with Crippen LogP contribution < -0.4 is 10.5 Å². The van der Waals surface area contributed by atoms with Crippen LogP contribution in [0, 0.1) is 5.92 Å². The van der Waals surface area contributed by atoms with Gasteiger partial charge in [-0.2, -0.15) is 4.72 Å². The van der Waals surface area contributed by atoms with Crippen molar-refractivity contribution in [3.63, 3.8) is 0 Å². The first-order valence-corrected chi connectivity index (χ1v) is 9.78. The predicted octanol–water partition coefficient (Wildman–Crippen LogP) is 1.42. The number of sulfonamides is 1. The molecule has 0 aromatic carbocycles. The Morgan fingerprint density at radius 2 is 2.26 bits per heavy atom. The van der Waals surface area contributed by atoms with Crippen LogP contribution in [0.3, 0.4) is 0 Å². The molecule has 1 aromatic heterocycles. The van der Waals surface area contributed by atoms with Gasteiger partial charge in [0.25, 0.3) is 10.0 Å². The first kappa shape index (κ1) is 20.4. The number of thiophene rings is 1. The molecule has 0 spiro atoms. The quantitative estimate of drug-likeness (QED) is 0.806. The van der Waals surface area contributed by atoms with E-state index in [9.17, 15) is 13.2 Å². The minimum Gasteiger partial charge on any atom is -0.337 e. The van der Waals surface area contributed by atoms with E-state index in [0.29, 0.717) is 19.0 Å². The van der Waals surface area contributed by atoms with Crippen LogP contribution in [0.15, 0.2) is 21.7 Å². The lowest BCUT2D eigenvalue weighted by molar-refractivity contribution is -0.136. The zero-order valence-corrected chi connectivity index (χ0v) is 15.7. The second kappa shape index (κ2) is 8.43. The highest BCUT2D eigenvalue weighted by Gasteiger charge is 2.33. The fraction of sp³-hybridized carbons (Fsp3) is 0.643. The largest absolute Gasteiger partial charge is 0.337 e. The lowest BCUT2D eigenvalue weighted by Gasteiger charge is -2.39. The Hall–Kier alpha value is -0.670. The molecule has 0 aliphatic carbocycles. The van der Waals surface area contributed by atoms with Crippen molar-refractivity contribution >= 4 is 39.7 Å². The van der Waals surface area contributed by atoms with Gasteiger partial charge in [-0.25, -0.2) is 8.42 Å². The molecule has 1 aliphatic heterocycles. The van der Waals surface area contributed by atoms with Gasteiger partial charge < -0.3 is 10.6 Å². The van der Waals surface area contributed by atoms with Crippen LogP contribution in [-0.4, -0.2) is 44.4 Å². The summed E-state index contributed by atoms with van der Waals surface area (Å²) in [5.74, 6) is 0.332. The molecule has 1 fully saturated rings. The molecule has 3 atom stereocenters. The highest BCUT2D eigenvalue weighted by atomic mass is 35.5. The fourth-order valence-corrected chi connectivity index (χ4v) is 4.98. The van der Waals surface area contributed by atoms with Crippen LogP contribution in [-0.2, 0) is 14.8 Å². The van der Waals surface area contributed by atoms with E-state index < -0.39 is 16.1 Å². The number of carbonyl (C=O) groups is 1. The van der Waals surface area contributed by atoms with Gasteiger partial charge in [-0.15, -0.1) is 23.7 Å². The van der Waals surface area contributed by atoms with E-state index in [1.807, 2.05) is 0 Å². The normalized spacial score (nSPS) is 23.2. The highest BCUT2D eigenvalue weighted by Crippen LogP contribution is 2.23. The molecular formula is C14H24ClN3O3S2. The van der Waals surface area contributed by atoms with Crippen molar-refractivity contribution in [2.24, 2.45) is 11.7 Å². The Morgan fingerprint density at radius 3 is 2.83 bits per heavy atom. The number of carbonyl (C=O) groups excluding carboxylic acids is 1. The molecule has 23 heavy (non-hydrogen) atoms. The second-order valence-corrected chi connectivity index (χ2v) is 8.71. The summed E-state index contributed by atoms with van der Waals surface area (Å²) in [5.41, 5.74) is 5.77. The van der Waals surface area contributed by atoms with Crippen molar-refractivity contribution in [2.75, 3.05) is 13.1 Å². The topological polar surface area (TPSA) is 92.5 Å². The summed E-state index contributed by atoms with van der Waals surface area (Å²) in [4.78, 5) is 14.3. The Kier molecular flexibility index (Phi) is 7.47. The summed E-state index contributed by atoms with van der Waals surface area (Å²) in [6.45, 7) is 4.76. The average molecular weight is 382 g/mol. The van der Waals surface area contributed by atoms with E-state index >= 15 is 0 Å². The number of hydrogen-bond acceptors (Lipinski definition) is 5. The molecule has 6 nitrogen and oxygen atoms in total. The summed E-state index contributed by atoms with van der Waals surface area (Å²) in [6.07, 6.45) is 1.79. The first-order valence-electron chi connectivity index (χ1n) is 7.41. The second-order valence-electron chi connectivity index (χ2n) is 5.83. The Balaban J connectivity index is 0.00000264. The van der Waals surface area contributed by atoms with Crippen LogP contribution in [0.1, 0.15) is 26.7 Å². The van der Waals surface area contributed by atoms with Crippen molar-refractivity contribution in [1.29, 1.82) is 0 Å². The molecule has 132 valence electrons. The molecule has 1 amide bonds. The van der Waals surface area contributed by atoms with Gasteiger partial charge in [0.2, 0.25) is 5.91 Å². The monoisotopic (exact) mass is 381 g/mol. The maximum absolute atomic E-state index is 12.6. The van der Waals surface area contributed by atoms with E-state index in [0.717, 1.165) is 24.2 Å². The number of halogens is 1. The van der Waals surface area contributed by atoms with Gasteiger partial charge in [-0.3, -0.25) is 4.79 Å². The van der Waals surface area contributed by atoms with Gasteiger partial charge in [-0.1, -0.05) is 13.0 Å². The van der Waals surface area contributed by atoms with E-state index in [1.165, 1.54) is 6.07 Å². The lowest BCUT2D eigenvalue weighted by atomic mass is 9.92. The standard InChI is InChI=1S/C14H23N3O3S2.ClH/c1-10-5-6-17(12(8-10)9-15)14(18)11(2)16-22(19,20)13-4-3-7-21-13;/h3-4,7,10-12,16H,5-6,8-9,15H2,1-2H3;1H. The third kappa shape index (κ3) is 4.90. The number of rotatable bonds is 5. The molecule has 9 heteroatoms. The molecule has 2 rings (SSSR count). The number of amides is 1. The molecule has 2 heterocycles. The fourth-order valence-electron chi connectivity index (χ4n) is 2.77. The number of piperidine rings is 1. The summed E-state index contributed by atoms with van der Waals surface area (Å²) >= 11 is 1.13. The predicted molar refractivity (Wildman–Crippen MR) is 94.3 cm³/mol. The van der Waals surface area contributed by atoms with Crippen molar-refractivity contribution in [1.82, 2.24) is 9.62 Å². The zero-order valence-electron chi connectivity index (χ0n) is 13.3. The van der Waals surface area contributed by atoms with Crippen molar-refractivity contribution < 1.29 is 13.2 Å². The smallest absolute Gasteiger partial charge is 0.250 e. The number of nitrogens with two attached hydrogens (primary N) is 1. The van der Waals surface area contributed by atoms with Crippen molar-refractivity contribution in [3.8, 4) is 0 Å².